The van der Waals surface area contributed by atoms with Crippen molar-refractivity contribution < 1.29 is 19.4 Å². The highest BCUT2D eigenvalue weighted by molar-refractivity contribution is 6.02. The minimum atomic E-state index is -1.02. The quantitative estimate of drug-likeness (QED) is 0.273. The summed E-state index contributed by atoms with van der Waals surface area (Å²) < 4.78 is 6.05. The summed E-state index contributed by atoms with van der Waals surface area (Å²) in [5, 5.41) is 12.8. The van der Waals surface area contributed by atoms with E-state index in [1.807, 2.05) is 60.7 Å². The number of carbonyl (C=O) groups is 2. The Balaban J connectivity index is 1.40. The van der Waals surface area contributed by atoms with Crippen molar-refractivity contribution in [3.05, 3.63) is 95.8 Å². The van der Waals surface area contributed by atoms with Crippen molar-refractivity contribution in [1.82, 2.24) is 9.97 Å². The fourth-order valence-electron chi connectivity index (χ4n) is 4.38. The van der Waals surface area contributed by atoms with Crippen LogP contribution in [0.15, 0.2) is 79.0 Å². The number of aromatic nitrogens is 2. The molecule has 0 aliphatic heterocycles. The second-order valence-corrected chi connectivity index (χ2v) is 8.24. The third-order valence-corrected chi connectivity index (χ3v) is 6.06. The van der Waals surface area contributed by atoms with Crippen molar-refractivity contribution in [2.75, 3.05) is 6.61 Å². The van der Waals surface area contributed by atoms with Gasteiger partial charge in [0.25, 0.3) is 0 Å². The zero-order valence-electron chi connectivity index (χ0n) is 18.8. The number of primary amides is 1. The first-order valence-electron chi connectivity index (χ1n) is 11.3. The summed E-state index contributed by atoms with van der Waals surface area (Å²) in [7, 11) is 0. The van der Waals surface area contributed by atoms with Crippen LogP contribution in [0.1, 0.15) is 32.8 Å². The van der Waals surface area contributed by atoms with E-state index in [0.717, 1.165) is 33.0 Å². The first-order valence-corrected chi connectivity index (χ1v) is 11.3. The minimum absolute atomic E-state index is 0.159. The van der Waals surface area contributed by atoms with Crippen LogP contribution in [0.5, 0.6) is 5.75 Å². The molecule has 0 aliphatic carbocycles. The molecule has 174 valence electrons. The maximum Gasteiger partial charge on any atom is 0.352 e. The summed E-state index contributed by atoms with van der Waals surface area (Å²) in [6.07, 6.45) is 2.60. The summed E-state index contributed by atoms with van der Waals surface area (Å²) >= 11 is 0. The minimum Gasteiger partial charge on any atom is -0.493 e. The monoisotopic (exact) mass is 465 g/mol. The molecule has 4 N–H and O–H groups in total. The molecule has 3 aromatic carbocycles. The average molecular weight is 466 g/mol. The lowest BCUT2D eigenvalue weighted by molar-refractivity contribution is 0.0690. The number of carboxylic acid groups (broad SMARTS) is 1. The van der Waals surface area contributed by atoms with Crippen molar-refractivity contribution in [3.63, 3.8) is 0 Å². The van der Waals surface area contributed by atoms with Gasteiger partial charge in [0.1, 0.15) is 11.4 Å². The Morgan fingerprint density at radius 1 is 0.943 bits per heavy atom. The van der Waals surface area contributed by atoms with Gasteiger partial charge in [-0.25, -0.2) is 4.79 Å². The molecule has 7 nitrogen and oxygen atoms in total. The van der Waals surface area contributed by atoms with Crippen LogP contribution in [0.25, 0.3) is 32.9 Å². The molecule has 35 heavy (non-hydrogen) atoms. The van der Waals surface area contributed by atoms with Gasteiger partial charge in [-0.1, -0.05) is 54.6 Å². The molecule has 0 spiro atoms. The Labute approximate surface area is 201 Å². The second kappa shape index (κ2) is 9.30. The van der Waals surface area contributed by atoms with Gasteiger partial charge >= 0.3 is 5.97 Å². The van der Waals surface area contributed by atoms with Crippen LogP contribution in [0, 0.1) is 0 Å². The number of carboxylic acids is 1. The topological polar surface area (TPSA) is 118 Å². The maximum absolute atomic E-state index is 12.0. The molecule has 0 saturated heterocycles. The van der Waals surface area contributed by atoms with E-state index in [1.54, 1.807) is 12.1 Å². The number of nitrogens with zero attached hydrogens (tertiary/aromatic N) is 1. The van der Waals surface area contributed by atoms with Crippen LogP contribution in [0.3, 0.4) is 0 Å². The number of hydrogen-bond acceptors (Lipinski definition) is 4. The van der Waals surface area contributed by atoms with Crippen LogP contribution in [-0.4, -0.2) is 33.6 Å². The van der Waals surface area contributed by atoms with Crippen LogP contribution < -0.4 is 10.5 Å². The highest BCUT2D eigenvalue weighted by Gasteiger charge is 2.19. The van der Waals surface area contributed by atoms with Gasteiger partial charge in [-0.05, 0) is 42.0 Å². The highest BCUT2D eigenvalue weighted by Crippen LogP contribution is 2.32. The molecule has 0 fully saturated rings. The molecule has 0 bridgehead atoms. The number of H-pyrrole nitrogens is 1. The van der Waals surface area contributed by atoms with E-state index in [2.05, 4.69) is 9.97 Å². The summed E-state index contributed by atoms with van der Waals surface area (Å²) in [6, 6.07) is 22.9. The van der Waals surface area contributed by atoms with E-state index in [-0.39, 0.29) is 5.69 Å². The number of nitrogens with one attached hydrogen (secondary N) is 1. The van der Waals surface area contributed by atoms with Gasteiger partial charge in [-0.15, -0.1) is 0 Å². The van der Waals surface area contributed by atoms with E-state index in [1.165, 1.54) is 6.20 Å². The molecule has 7 heteroatoms. The zero-order valence-corrected chi connectivity index (χ0v) is 18.8. The molecule has 0 aliphatic rings. The third-order valence-electron chi connectivity index (χ3n) is 6.06. The van der Waals surface area contributed by atoms with Crippen molar-refractivity contribution in [2.24, 2.45) is 5.73 Å². The number of aryl methyl sites for hydroxylation is 1. The molecule has 0 atom stereocenters. The lowest BCUT2D eigenvalue weighted by Crippen LogP contribution is -2.10. The number of pyridine rings is 1. The third kappa shape index (κ3) is 4.31. The van der Waals surface area contributed by atoms with Crippen LogP contribution in [0.4, 0.5) is 0 Å². The summed E-state index contributed by atoms with van der Waals surface area (Å²) in [5.41, 5.74) is 8.56. The Kier molecular flexibility index (Phi) is 5.89. The normalized spacial score (nSPS) is 11.1. The maximum atomic E-state index is 12.0. The lowest BCUT2D eigenvalue weighted by atomic mass is 10.0. The molecule has 5 rings (SSSR count). The molecule has 5 aromatic rings. The van der Waals surface area contributed by atoms with Crippen molar-refractivity contribution >= 4 is 33.6 Å². The standard InChI is InChI=1S/C28H23N3O4/c29-27(32)18-13-14-23(30-16-18)22-10-4-9-20-21(26(28(33)34)31-25(20)22)11-5-15-35-24-12-3-7-17-6-1-2-8-19(17)24/h1-4,6-10,12-14,16,31H,5,11,15H2,(H2,29,32)(H,33,34). The van der Waals surface area contributed by atoms with Crippen molar-refractivity contribution in [2.45, 2.75) is 12.8 Å². The molecule has 2 aromatic heterocycles. The Morgan fingerprint density at radius 3 is 2.49 bits per heavy atom. The van der Waals surface area contributed by atoms with Gasteiger partial charge in [0.2, 0.25) is 5.91 Å². The highest BCUT2D eigenvalue weighted by atomic mass is 16.5. The zero-order chi connectivity index (χ0) is 24.4. The van der Waals surface area contributed by atoms with Gasteiger partial charge in [0.05, 0.1) is 23.4 Å². The Hall–Kier alpha value is -4.65. The van der Waals surface area contributed by atoms with E-state index >= 15 is 0 Å². The second-order valence-electron chi connectivity index (χ2n) is 8.24. The summed E-state index contributed by atoms with van der Waals surface area (Å²) in [5.74, 6) is -0.759. The number of para-hydroxylation sites is 1. The number of benzene rings is 3. The predicted octanol–water partition coefficient (Wildman–Crippen LogP) is 5.19. The van der Waals surface area contributed by atoms with Crippen LogP contribution in [-0.2, 0) is 6.42 Å². The van der Waals surface area contributed by atoms with E-state index in [0.29, 0.717) is 36.2 Å². The van der Waals surface area contributed by atoms with E-state index in [4.69, 9.17) is 10.5 Å². The molecule has 2 heterocycles. The molecule has 0 saturated carbocycles. The number of hydrogen-bond donors (Lipinski definition) is 3. The van der Waals surface area contributed by atoms with Crippen molar-refractivity contribution in [1.29, 1.82) is 0 Å². The van der Waals surface area contributed by atoms with Crippen LogP contribution in [0.2, 0.25) is 0 Å². The SMILES string of the molecule is NC(=O)c1ccc(-c2cccc3c(CCCOc4cccc5ccccc45)c(C(=O)O)[nH]c23)nc1. The van der Waals surface area contributed by atoms with Gasteiger partial charge in [-0.2, -0.15) is 0 Å². The van der Waals surface area contributed by atoms with E-state index in [9.17, 15) is 14.7 Å². The number of rotatable bonds is 8. The van der Waals surface area contributed by atoms with Gasteiger partial charge in [0.15, 0.2) is 0 Å². The molecular weight excluding hydrogens is 442 g/mol. The number of carbonyl (C=O) groups excluding carboxylic acids is 1. The number of aromatic carboxylic acids is 1. The number of amides is 1. The van der Waals surface area contributed by atoms with Gasteiger partial charge in [-0.3, -0.25) is 9.78 Å². The molecule has 0 radical (unpaired) electrons. The number of ether oxygens (including phenoxy) is 1. The molecule has 1 amide bonds. The Bertz CT molecular complexity index is 1550. The fraction of sp³-hybridized carbons (Fsp3) is 0.107. The smallest absolute Gasteiger partial charge is 0.352 e. The first kappa shape index (κ1) is 22.2. The average Bonchev–Trinajstić information content (AvgIpc) is 3.26. The lowest BCUT2D eigenvalue weighted by Gasteiger charge is -2.09. The molecular formula is C28H23N3O4. The largest absolute Gasteiger partial charge is 0.493 e. The summed E-state index contributed by atoms with van der Waals surface area (Å²) in [4.78, 5) is 30.8. The van der Waals surface area contributed by atoms with Gasteiger partial charge in [0, 0.05) is 22.5 Å². The molecule has 0 unspecified atom stereocenters. The fourth-order valence-corrected chi connectivity index (χ4v) is 4.38. The Morgan fingerprint density at radius 2 is 1.71 bits per heavy atom. The summed E-state index contributed by atoms with van der Waals surface area (Å²) in [6.45, 7) is 0.454. The predicted molar refractivity (Wildman–Crippen MR) is 135 cm³/mol. The number of nitrogens with two attached hydrogens (primary N) is 1. The first-order chi connectivity index (χ1) is 17.0. The number of fused-ring (bicyclic) bond motifs is 2. The van der Waals surface area contributed by atoms with Gasteiger partial charge < -0.3 is 20.6 Å². The van der Waals surface area contributed by atoms with E-state index < -0.39 is 11.9 Å². The number of aromatic amines is 1. The van der Waals surface area contributed by atoms with Crippen molar-refractivity contribution in [3.8, 4) is 17.0 Å². The van der Waals surface area contributed by atoms with Crippen LogP contribution >= 0.6 is 0 Å².